The van der Waals surface area contributed by atoms with Crippen LogP contribution in [-0.4, -0.2) is 21.4 Å². The van der Waals surface area contributed by atoms with Crippen molar-refractivity contribution in [1.29, 1.82) is 0 Å². The number of aromatic nitrogens is 2. The summed E-state index contributed by atoms with van der Waals surface area (Å²) in [5.41, 5.74) is 3.30. The third-order valence-corrected chi connectivity index (χ3v) is 4.54. The topological polar surface area (TPSA) is 63.2 Å². The number of nitrogens with one attached hydrogen (secondary N) is 1. The SMILES string of the molecule is CCn1nc(C)c(C(C)NCC(C)(O)c2cc(C)oc2C)c1C. The maximum absolute atomic E-state index is 10.8. The lowest BCUT2D eigenvalue weighted by Gasteiger charge is -2.26. The summed E-state index contributed by atoms with van der Waals surface area (Å²) in [6.07, 6.45) is 0. The highest BCUT2D eigenvalue weighted by Crippen LogP contribution is 2.28. The number of rotatable bonds is 6. The van der Waals surface area contributed by atoms with Crippen molar-refractivity contribution in [1.82, 2.24) is 15.1 Å². The molecule has 2 atom stereocenters. The zero-order valence-corrected chi connectivity index (χ0v) is 15.3. The first kappa shape index (κ1) is 17.8. The van der Waals surface area contributed by atoms with Gasteiger partial charge in [0.1, 0.15) is 17.1 Å². The van der Waals surface area contributed by atoms with Crippen LogP contribution in [0.4, 0.5) is 0 Å². The van der Waals surface area contributed by atoms with Crippen LogP contribution in [0, 0.1) is 27.7 Å². The first-order valence-electron chi connectivity index (χ1n) is 8.24. The van der Waals surface area contributed by atoms with E-state index in [0.29, 0.717) is 6.54 Å². The lowest BCUT2D eigenvalue weighted by molar-refractivity contribution is 0.0528. The summed E-state index contributed by atoms with van der Waals surface area (Å²) in [5.74, 6) is 1.59. The molecule has 0 bridgehead atoms. The van der Waals surface area contributed by atoms with Crippen LogP contribution in [0.2, 0.25) is 0 Å². The molecule has 5 nitrogen and oxygen atoms in total. The highest BCUT2D eigenvalue weighted by Gasteiger charge is 2.28. The van der Waals surface area contributed by atoms with Gasteiger partial charge in [-0.05, 0) is 54.5 Å². The van der Waals surface area contributed by atoms with Crippen molar-refractivity contribution >= 4 is 0 Å². The van der Waals surface area contributed by atoms with Crippen molar-refractivity contribution in [3.05, 3.63) is 40.1 Å². The Balaban J connectivity index is 2.14. The number of hydrogen-bond donors (Lipinski definition) is 2. The first-order chi connectivity index (χ1) is 10.7. The van der Waals surface area contributed by atoms with Gasteiger partial charge in [-0.1, -0.05) is 0 Å². The van der Waals surface area contributed by atoms with Gasteiger partial charge in [0.25, 0.3) is 0 Å². The second-order valence-corrected chi connectivity index (χ2v) is 6.60. The van der Waals surface area contributed by atoms with Crippen LogP contribution in [0.25, 0.3) is 0 Å². The molecule has 2 unspecified atom stereocenters. The highest BCUT2D eigenvalue weighted by molar-refractivity contribution is 5.29. The Morgan fingerprint density at radius 1 is 1.35 bits per heavy atom. The quantitative estimate of drug-likeness (QED) is 0.857. The predicted molar refractivity (Wildman–Crippen MR) is 91.5 cm³/mol. The molecule has 2 heterocycles. The molecule has 0 saturated carbocycles. The molecule has 2 rings (SSSR count). The third-order valence-electron chi connectivity index (χ3n) is 4.54. The average Bonchev–Trinajstić information content (AvgIpc) is 2.95. The monoisotopic (exact) mass is 319 g/mol. The number of nitrogens with zero attached hydrogens (tertiary/aromatic N) is 2. The number of hydrogen-bond acceptors (Lipinski definition) is 4. The van der Waals surface area contributed by atoms with Gasteiger partial charge in [-0.3, -0.25) is 4.68 Å². The summed E-state index contributed by atoms with van der Waals surface area (Å²) >= 11 is 0. The second-order valence-electron chi connectivity index (χ2n) is 6.60. The van der Waals surface area contributed by atoms with Gasteiger partial charge >= 0.3 is 0 Å². The van der Waals surface area contributed by atoms with Crippen LogP contribution in [0.15, 0.2) is 10.5 Å². The van der Waals surface area contributed by atoms with E-state index in [1.165, 1.54) is 11.3 Å². The maximum atomic E-state index is 10.8. The van der Waals surface area contributed by atoms with E-state index in [1.807, 2.05) is 38.4 Å². The van der Waals surface area contributed by atoms with E-state index < -0.39 is 5.60 Å². The molecule has 0 amide bonds. The molecular weight excluding hydrogens is 290 g/mol. The zero-order valence-electron chi connectivity index (χ0n) is 15.3. The van der Waals surface area contributed by atoms with Crippen molar-refractivity contribution in [3.8, 4) is 0 Å². The molecule has 0 aromatic carbocycles. The van der Waals surface area contributed by atoms with E-state index in [0.717, 1.165) is 29.3 Å². The molecule has 128 valence electrons. The van der Waals surface area contributed by atoms with E-state index >= 15 is 0 Å². The van der Waals surface area contributed by atoms with Gasteiger partial charge in [-0.2, -0.15) is 5.10 Å². The van der Waals surface area contributed by atoms with E-state index in [2.05, 4.69) is 31.2 Å². The van der Waals surface area contributed by atoms with Gasteiger partial charge < -0.3 is 14.8 Å². The van der Waals surface area contributed by atoms with Crippen LogP contribution in [0.3, 0.4) is 0 Å². The standard InChI is InChI=1S/C18H29N3O2/c1-8-21-14(5)17(13(4)20-21)12(3)19-10-18(7,22)16-9-11(2)23-15(16)6/h9,12,19,22H,8,10H2,1-7H3. The third kappa shape index (κ3) is 3.51. The summed E-state index contributed by atoms with van der Waals surface area (Å²) in [6.45, 7) is 15.3. The minimum Gasteiger partial charge on any atom is -0.466 e. The smallest absolute Gasteiger partial charge is 0.107 e. The van der Waals surface area contributed by atoms with Crippen LogP contribution in [0.5, 0.6) is 0 Å². The van der Waals surface area contributed by atoms with E-state index in [9.17, 15) is 5.11 Å². The minimum atomic E-state index is -0.974. The lowest BCUT2D eigenvalue weighted by atomic mass is 9.95. The van der Waals surface area contributed by atoms with Crippen molar-refractivity contribution in [2.24, 2.45) is 0 Å². The van der Waals surface area contributed by atoms with Crippen molar-refractivity contribution in [2.45, 2.75) is 66.7 Å². The largest absolute Gasteiger partial charge is 0.466 e. The van der Waals surface area contributed by atoms with Crippen LogP contribution < -0.4 is 5.32 Å². The fraction of sp³-hybridized carbons (Fsp3) is 0.611. The first-order valence-corrected chi connectivity index (χ1v) is 8.24. The zero-order chi connectivity index (χ0) is 17.4. The molecule has 0 fully saturated rings. The number of furan rings is 1. The van der Waals surface area contributed by atoms with Gasteiger partial charge in [-0.15, -0.1) is 0 Å². The summed E-state index contributed by atoms with van der Waals surface area (Å²) in [6, 6.07) is 2.03. The Morgan fingerprint density at radius 2 is 2.00 bits per heavy atom. The van der Waals surface area contributed by atoms with Crippen LogP contribution in [0.1, 0.15) is 60.8 Å². The minimum absolute atomic E-state index is 0.120. The van der Waals surface area contributed by atoms with Crippen LogP contribution >= 0.6 is 0 Å². The Morgan fingerprint density at radius 3 is 2.48 bits per heavy atom. The molecule has 23 heavy (non-hydrogen) atoms. The summed E-state index contributed by atoms with van der Waals surface area (Å²) in [7, 11) is 0. The van der Waals surface area contributed by atoms with E-state index in [4.69, 9.17) is 4.42 Å². The lowest BCUT2D eigenvalue weighted by Crippen LogP contribution is -2.37. The molecule has 0 radical (unpaired) electrons. The summed E-state index contributed by atoms with van der Waals surface area (Å²) in [5, 5.41) is 18.8. The fourth-order valence-electron chi connectivity index (χ4n) is 3.36. The molecule has 0 aliphatic carbocycles. The molecular formula is C18H29N3O2. The Hall–Kier alpha value is -1.59. The average molecular weight is 319 g/mol. The van der Waals surface area contributed by atoms with E-state index in [-0.39, 0.29) is 6.04 Å². The van der Waals surface area contributed by atoms with Gasteiger partial charge in [0, 0.05) is 36.0 Å². The molecule has 5 heteroatoms. The normalized spacial score (nSPS) is 15.7. The van der Waals surface area contributed by atoms with Gasteiger partial charge in [0.15, 0.2) is 0 Å². The Labute approximate surface area is 138 Å². The van der Waals surface area contributed by atoms with Gasteiger partial charge in [-0.25, -0.2) is 0 Å². The molecule has 2 aromatic heterocycles. The van der Waals surface area contributed by atoms with E-state index in [1.54, 1.807) is 0 Å². The molecule has 0 saturated heterocycles. The van der Waals surface area contributed by atoms with Crippen molar-refractivity contribution in [3.63, 3.8) is 0 Å². The predicted octanol–water partition coefficient (Wildman–Crippen LogP) is 3.29. The highest BCUT2D eigenvalue weighted by atomic mass is 16.3. The molecule has 2 aromatic rings. The fourth-order valence-corrected chi connectivity index (χ4v) is 3.36. The summed E-state index contributed by atoms with van der Waals surface area (Å²) in [4.78, 5) is 0. The summed E-state index contributed by atoms with van der Waals surface area (Å²) < 4.78 is 7.57. The second kappa shape index (κ2) is 6.49. The molecule has 2 N–H and O–H groups in total. The van der Waals surface area contributed by atoms with Crippen LogP contribution in [-0.2, 0) is 12.1 Å². The maximum Gasteiger partial charge on any atom is 0.107 e. The molecule has 0 spiro atoms. The number of aryl methyl sites for hydroxylation is 4. The molecule has 0 aliphatic rings. The Bertz CT molecular complexity index is 683. The van der Waals surface area contributed by atoms with Gasteiger partial charge in [0.05, 0.1) is 5.69 Å². The molecule has 0 aliphatic heterocycles. The van der Waals surface area contributed by atoms with Crippen molar-refractivity contribution in [2.75, 3.05) is 6.54 Å². The number of aliphatic hydroxyl groups is 1. The van der Waals surface area contributed by atoms with Crippen molar-refractivity contribution < 1.29 is 9.52 Å². The Kier molecular flexibility index (Phi) is 5.01. The van der Waals surface area contributed by atoms with Gasteiger partial charge in [0.2, 0.25) is 0 Å².